The Morgan fingerprint density at radius 3 is 2.76 bits per heavy atom. The Bertz CT molecular complexity index is 734. The lowest BCUT2D eigenvalue weighted by Crippen LogP contribution is -2.28. The van der Waals surface area contributed by atoms with E-state index in [4.69, 9.17) is 0 Å². The number of allylic oxidation sites excluding steroid dienone is 1. The van der Waals surface area contributed by atoms with Crippen LogP contribution < -0.4 is 0 Å². The Morgan fingerprint density at radius 2 is 2.10 bits per heavy atom. The van der Waals surface area contributed by atoms with Gasteiger partial charge in [-0.3, -0.25) is 0 Å². The summed E-state index contributed by atoms with van der Waals surface area (Å²) in [5.74, 6) is 0. The zero-order chi connectivity index (χ0) is 15.5. The third-order valence-corrected chi connectivity index (χ3v) is 6.58. The molecular weight excluding hydrogens is 306 g/mol. The minimum absolute atomic E-state index is 0.242. The van der Waals surface area contributed by atoms with Crippen LogP contribution in [-0.4, -0.2) is 31.4 Å². The zero-order valence-electron chi connectivity index (χ0n) is 11.9. The highest BCUT2D eigenvalue weighted by Gasteiger charge is 2.27. The monoisotopic (exact) mass is 325 g/mol. The number of benzene rings is 1. The van der Waals surface area contributed by atoms with Crippen molar-refractivity contribution in [3.05, 3.63) is 41.8 Å². The lowest BCUT2D eigenvalue weighted by atomic mass is 10.2. The summed E-state index contributed by atoms with van der Waals surface area (Å²) in [5.41, 5.74) is 0. The number of unbranched alkanes of at least 4 members (excludes halogenated alkanes) is 1. The topological polar surface area (TPSA) is 57.6 Å². The summed E-state index contributed by atoms with van der Waals surface area (Å²) >= 11 is 1.32. The van der Waals surface area contributed by atoms with Crippen LogP contribution in [0.2, 0.25) is 0 Å². The lowest BCUT2D eigenvalue weighted by Gasteiger charge is -2.17. The Morgan fingerprint density at radius 1 is 1.38 bits per heavy atom. The molecule has 2 aromatic rings. The summed E-state index contributed by atoms with van der Waals surface area (Å²) in [6.07, 6.45) is 3.28. The maximum Gasteiger partial charge on any atom is 0.244 e. The van der Waals surface area contributed by atoms with E-state index in [-0.39, 0.29) is 11.5 Å². The number of nitrogens with zero attached hydrogens (tertiary/aromatic N) is 1. The molecular formula is C15H19NO3S2. The molecule has 2 rings (SSSR count). The van der Waals surface area contributed by atoms with Crippen molar-refractivity contribution in [2.24, 2.45) is 0 Å². The van der Waals surface area contributed by atoms with Gasteiger partial charge < -0.3 is 5.11 Å². The predicted molar refractivity (Wildman–Crippen MR) is 87.0 cm³/mol. The van der Waals surface area contributed by atoms with Gasteiger partial charge in [-0.15, -0.1) is 17.9 Å². The first-order chi connectivity index (χ1) is 10.0. The van der Waals surface area contributed by atoms with E-state index in [1.54, 1.807) is 19.2 Å². The maximum absolute atomic E-state index is 12.8. The molecule has 0 saturated heterocycles. The van der Waals surface area contributed by atoms with Crippen LogP contribution in [0.15, 0.2) is 41.8 Å². The van der Waals surface area contributed by atoms with E-state index in [9.17, 15) is 13.5 Å². The molecule has 4 nitrogen and oxygen atoms in total. The average molecular weight is 325 g/mol. The van der Waals surface area contributed by atoms with Crippen molar-refractivity contribution in [1.29, 1.82) is 0 Å². The molecule has 21 heavy (non-hydrogen) atoms. The van der Waals surface area contributed by atoms with E-state index >= 15 is 0 Å². The number of thiophene rings is 1. The fraction of sp³-hybridized carbons (Fsp3) is 0.333. The molecule has 0 aliphatic carbocycles. The summed E-state index contributed by atoms with van der Waals surface area (Å²) in [4.78, 5) is 0.735. The first kappa shape index (κ1) is 16.2. The number of aliphatic hydroxyl groups is 1. The Kier molecular flexibility index (Phi) is 5.16. The fourth-order valence-electron chi connectivity index (χ4n) is 2.19. The molecule has 0 bridgehead atoms. The van der Waals surface area contributed by atoms with Gasteiger partial charge in [-0.1, -0.05) is 24.3 Å². The van der Waals surface area contributed by atoms with E-state index in [1.165, 1.54) is 15.6 Å². The van der Waals surface area contributed by atoms with Crippen molar-refractivity contribution in [3.63, 3.8) is 0 Å². The molecule has 0 fully saturated rings. The zero-order valence-corrected chi connectivity index (χ0v) is 13.6. The molecule has 0 aliphatic heterocycles. The molecule has 0 spiro atoms. The van der Waals surface area contributed by atoms with E-state index in [2.05, 4.69) is 6.58 Å². The third kappa shape index (κ3) is 3.18. The number of fused-ring (bicyclic) bond motifs is 1. The number of rotatable bonds is 7. The van der Waals surface area contributed by atoms with Gasteiger partial charge in [0.15, 0.2) is 0 Å². The third-order valence-electron chi connectivity index (χ3n) is 3.31. The van der Waals surface area contributed by atoms with Crippen LogP contribution in [0.1, 0.15) is 17.7 Å². The second-order valence-corrected chi connectivity index (χ2v) is 7.88. The lowest BCUT2D eigenvalue weighted by molar-refractivity contribution is 0.282. The van der Waals surface area contributed by atoms with Crippen LogP contribution in [0.5, 0.6) is 0 Å². The molecule has 6 heteroatoms. The SMILES string of the molecule is C=CCCCN(C)S(=O)(=O)c1c(CO)sc2ccccc12. The summed E-state index contributed by atoms with van der Waals surface area (Å²) in [7, 11) is -2.02. The van der Waals surface area contributed by atoms with Crippen LogP contribution >= 0.6 is 11.3 Å². The highest BCUT2D eigenvalue weighted by atomic mass is 32.2. The largest absolute Gasteiger partial charge is 0.391 e. The quantitative estimate of drug-likeness (QED) is 0.629. The van der Waals surface area contributed by atoms with Crippen LogP contribution in [0.25, 0.3) is 10.1 Å². The molecule has 1 aromatic carbocycles. The number of hydrogen-bond donors (Lipinski definition) is 1. The van der Waals surface area contributed by atoms with E-state index in [1.807, 2.05) is 18.2 Å². The van der Waals surface area contributed by atoms with Gasteiger partial charge >= 0.3 is 0 Å². The van der Waals surface area contributed by atoms with Gasteiger partial charge in [-0.2, -0.15) is 0 Å². The van der Waals surface area contributed by atoms with Crippen molar-refractivity contribution in [3.8, 4) is 0 Å². The molecule has 0 atom stereocenters. The number of hydrogen-bond acceptors (Lipinski definition) is 4. The number of aliphatic hydroxyl groups excluding tert-OH is 1. The molecule has 0 radical (unpaired) electrons. The highest BCUT2D eigenvalue weighted by molar-refractivity contribution is 7.89. The molecule has 0 unspecified atom stereocenters. The van der Waals surface area contributed by atoms with Gasteiger partial charge in [0.1, 0.15) is 4.90 Å². The van der Waals surface area contributed by atoms with Crippen LogP contribution in [0.4, 0.5) is 0 Å². The van der Waals surface area contributed by atoms with Gasteiger partial charge in [0.2, 0.25) is 10.0 Å². The minimum atomic E-state index is -3.60. The van der Waals surface area contributed by atoms with Gasteiger partial charge in [0, 0.05) is 23.7 Å². The average Bonchev–Trinajstić information content (AvgIpc) is 2.86. The molecule has 0 saturated carbocycles. The Balaban J connectivity index is 2.46. The molecule has 0 aliphatic rings. The second kappa shape index (κ2) is 6.70. The maximum atomic E-state index is 12.8. The molecule has 1 N–H and O–H groups in total. The second-order valence-electron chi connectivity index (χ2n) is 4.77. The molecule has 1 aromatic heterocycles. The molecule has 0 amide bonds. The van der Waals surface area contributed by atoms with Crippen molar-refractivity contribution in [2.75, 3.05) is 13.6 Å². The summed E-state index contributed by atoms with van der Waals surface area (Å²) in [6, 6.07) is 7.34. The summed E-state index contributed by atoms with van der Waals surface area (Å²) in [5, 5.41) is 10.2. The van der Waals surface area contributed by atoms with Crippen molar-refractivity contribution in [2.45, 2.75) is 24.3 Å². The summed E-state index contributed by atoms with van der Waals surface area (Å²) < 4.78 is 27.8. The minimum Gasteiger partial charge on any atom is -0.391 e. The van der Waals surface area contributed by atoms with Crippen molar-refractivity contribution in [1.82, 2.24) is 4.31 Å². The van der Waals surface area contributed by atoms with Crippen LogP contribution in [0, 0.1) is 0 Å². The summed E-state index contributed by atoms with van der Waals surface area (Å²) in [6.45, 7) is 3.80. The Hall–Kier alpha value is -1.21. The standard InChI is InChI=1S/C15H19NO3S2/c1-3-4-7-10-16(2)21(18,19)15-12-8-5-6-9-13(12)20-14(15)11-17/h3,5-6,8-9,17H,1,4,7,10-11H2,2H3. The molecule has 114 valence electrons. The smallest absolute Gasteiger partial charge is 0.244 e. The Labute approximate surface area is 129 Å². The van der Waals surface area contributed by atoms with Crippen molar-refractivity contribution < 1.29 is 13.5 Å². The normalized spacial score (nSPS) is 12.1. The first-order valence-corrected chi connectivity index (χ1v) is 8.96. The fourth-order valence-corrected chi connectivity index (χ4v) is 5.15. The molecule has 1 heterocycles. The van der Waals surface area contributed by atoms with E-state index in [0.29, 0.717) is 16.8 Å². The van der Waals surface area contributed by atoms with Gasteiger partial charge in [0.05, 0.1) is 11.5 Å². The van der Waals surface area contributed by atoms with E-state index < -0.39 is 10.0 Å². The first-order valence-electron chi connectivity index (χ1n) is 6.71. The van der Waals surface area contributed by atoms with Gasteiger partial charge in [-0.05, 0) is 18.9 Å². The highest BCUT2D eigenvalue weighted by Crippen LogP contribution is 2.36. The van der Waals surface area contributed by atoms with Crippen molar-refractivity contribution >= 4 is 31.4 Å². The van der Waals surface area contributed by atoms with Gasteiger partial charge in [0.25, 0.3) is 0 Å². The van der Waals surface area contributed by atoms with Crippen LogP contribution in [0.3, 0.4) is 0 Å². The van der Waals surface area contributed by atoms with Crippen LogP contribution in [-0.2, 0) is 16.6 Å². The predicted octanol–water partition coefficient (Wildman–Crippen LogP) is 2.98. The number of sulfonamides is 1. The van der Waals surface area contributed by atoms with Gasteiger partial charge in [-0.25, -0.2) is 12.7 Å². The van der Waals surface area contributed by atoms with E-state index in [0.717, 1.165) is 17.5 Å².